The molecule has 0 aliphatic rings. The van der Waals surface area contributed by atoms with Crippen molar-refractivity contribution in [2.24, 2.45) is 7.05 Å². The molecule has 94 valence electrons. The molecule has 0 spiro atoms. The van der Waals surface area contributed by atoms with E-state index in [0.29, 0.717) is 16.4 Å². The zero-order valence-electron chi connectivity index (χ0n) is 9.94. The molecule has 0 saturated heterocycles. The summed E-state index contributed by atoms with van der Waals surface area (Å²) in [5.41, 5.74) is 1.48. The molecule has 0 atom stereocenters. The van der Waals surface area contributed by atoms with Gasteiger partial charge in [-0.15, -0.1) is 0 Å². The summed E-state index contributed by atoms with van der Waals surface area (Å²) in [6.07, 6.45) is 0. The van der Waals surface area contributed by atoms with Gasteiger partial charge in [0.25, 0.3) is 5.91 Å². The maximum Gasteiger partial charge on any atom is 0.274 e. The van der Waals surface area contributed by atoms with Crippen LogP contribution in [-0.4, -0.2) is 20.8 Å². The van der Waals surface area contributed by atoms with E-state index in [2.05, 4.69) is 10.4 Å². The van der Waals surface area contributed by atoms with Crippen molar-refractivity contribution < 1.29 is 9.90 Å². The van der Waals surface area contributed by atoms with E-state index in [1.54, 1.807) is 32.2 Å². The van der Waals surface area contributed by atoms with Gasteiger partial charge in [-0.05, 0) is 25.1 Å². The molecule has 2 rings (SSSR count). The molecule has 2 aromatic rings. The number of aromatic nitrogens is 2. The minimum atomic E-state index is -0.337. The first-order valence-electron chi connectivity index (χ1n) is 5.28. The molecule has 18 heavy (non-hydrogen) atoms. The van der Waals surface area contributed by atoms with E-state index < -0.39 is 0 Å². The summed E-state index contributed by atoms with van der Waals surface area (Å²) in [5.74, 6) is -0.412. The van der Waals surface area contributed by atoms with Crippen LogP contribution in [0.1, 0.15) is 16.2 Å². The van der Waals surface area contributed by atoms with Crippen molar-refractivity contribution in [2.75, 3.05) is 5.32 Å². The third-order valence-corrected chi connectivity index (χ3v) is 2.68. The molecule has 1 aromatic heterocycles. The Kier molecular flexibility index (Phi) is 3.25. The molecule has 1 aromatic carbocycles. The number of anilines is 1. The number of nitrogens with zero attached hydrogens (tertiary/aromatic N) is 2. The van der Waals surface area contributed by atoms with Crippen LogP contribution in [-0.2, 0) is 7.05 Å². The quantitative estimate of drug-likeness (QED) is 0.819. The monoisotopic (exact) mass is 265 g/mol. The predicted octanol–water partition coefficient (Wildman–Crippen LogP) is 2.34. The molecule has 2 N–H and O–H groups in total. The van der Waals surface area contributed by atoms with Crippen LogP contribution < -0.4 is 5.32 Å². The molecule has 1 heterocycles. The van der Waals surface area contributed by atoms with Gasteiger partial charge in [0.1, 0.15) is 11.4 Å². The first-order valence-corrected chi connectivity index (χ1v) is 5.65. The summed E-state index contributed by atoms with van der Waals surface area (Å²) < 4.78 is 1.48. The smallest absolute Gasteiger partial charge is 0.274 e. The Morgan fingerprint density at radius 1 is 1.44 bits per heavy atom. The lowest BCUT2D eigenvalue weighted by Gasteiger charge is -2.07. The number of nitrogens with one attached hydrogen (secondary N) is 1. The lowest BCUT2D eigenvalue weighted by molar-refractivity contribution is 0.101. The Labute approximate surface area is 109 Å². The Hall–Kier alpha value is -2.01. The minimum Gasteiger partial charge on any atom is -0.506 e. The minimum absolute atomic E-state index is 0.0743. The SMILES string of the molecule is Cc1cc(C(=O)Nc2ccc(Cl)cc2O)n(C)n1. The van der Waals surface area contributed by atoms with Crippen molar-refractivity contribution in [1.82, 2.24) is 9.78 Å². The van der Waals surface area contributed by atoms with Gasteiger partial charge in [-0.25, -0.2) is 0 Å². The summed E-state index contributed by atoms with van der Waals surface area (Å²) >= 11 is 5.71. The number of hydrogen-bond acceptors (Lipinski definition) is 3. The lowest BCUT2D eigenvalue weighted by Crippen LogP contribution is -2.16. The average molecular weight is 266 g/mol. The second kappa shape index (κ2) is 4.70. The normalized spacial score (nSPS) is 10.4. The number of rotatable bonds is 2. The van der Waals surface area contributed by atoms with Crippen molar-refractivity contribution in [3.8, 4) is 5.75 Å². The number of benzene rings is 1. The second-order valence-corrected chi connectivity index (χ2v) is 4.35. The fraction of sp³-hybridized carbons (Fsp3) is 0.167. The van der Waals surface area contributed by atoms with Crippen molar-refractivity contribution in [1.29, 1.82) is 0 Å². The zero-order chi connectivity index (χ0) is 13.3. The summed E-state index contributed by atoms with van der Waals surface area (Å²) in [4.78, 5) is 12.0. The highest BCUT2D eigenvalue weighted by atomic mass is 35.5. The fourth-order valence-corrected chi connectivity index (χ4v) is 1.79. The van der Waals surface area contributed by atoms with E-state index in [1.807, 2.05) is 0 Å². The molecule has 1 amide bonds. The molecule has 0 unspecified atom stereocenters. The highest BCUT2D eigenvalue weighted by molar-refractivity contribution is 6.30. The zero-order valence-corrected chi connectivity index (χ0v) is 10.7. The number of aryl methyl sites for hydroxylation is 2. The fourth-order valence-electron chi connectivity index (χ4n) is 1.62. The Morgan fingerprint density at radius 3 is 2.72 bits per heavy atom. The third kappa shape index (κ3) is 2.46. The average Bonchev–Trinajstić information content (AvgIpc) is 2.62. The number of phenols is 1. The summed E-state index contributed by atoms with van der Waals surface area (Å²) in [6.45, 7) is 1.80. The molecule has 0 bridgehead atoms. The highest BCUT2D eigenvalue weighted by Gasteiger charge is 2.13. The maximum absolute atomic E-state index is 12.0. The first kappa shape index (κ1) is 12.4. The molecule has 0 radical (unpaired) electrons. The van der Waals surface area contributed by atoms with Gasteiger partial charge < -0.3 is 10.4 Å². The van der Waals surface area contributed by atoms with Crippen molar-refractivity contribution >= 4 is 23.2 Å². The largest absolute Gasteiger partial charge is 0.506 e. The van der Waals surface area contributed by atoms with Gasteiger partial charge in [0.15, 0.2) is 0 Å². The predicted molar refractivity (Wildman–Crippen MR) is 69.0 cm³/mol. The number of carbonyl (C=O) groups excluding carboxylic acids is 1. The number of amides is 1. The van der Waals surface area contributed by atoms with Gasteiger partial charge in [-0.3, -0.25) is 9.48 Å². The van der Waals surface area contributed by atoms with Gasteiger partial charge in [0, 0.05) is 18.1 Å². The van der Waals surface area contributed by atoms with Crippen molar-refractivity contribution in [3.63, 3.8) is 0 Å². The van der Waals surface area contributed by atoms with Crippen LogP contribution in [0.3, 0.4) is 0 Å². The lowest BCUT2D eigenvalue weighted by atomic mass is 10.2. The topological polar surface area (TPSA) is 67.2 Å². The van der Waals surface area contributed by atoms with E-state index in [4.69, 9.17) is 11.6 Å². The van der Waals surface area contributed by atoms with E-state index in [0.717, 1.165) is 5.69 Å². The number of halogens is 1. The summed E-state index contributed by atoms with van der Waals surface area (Å²) in [7, 11) is 1.68. The van der Waals surface area contributed by atoms with Gasteiger partial charge >= 0.3 is 0 Å². The second-order valence-electron chi connectivity index (χ2n) is 3.91. The number of hydrogen-bond donors (Lipinski definition) is 2. The summed E-state index contributed by atoms with van der Waals surface area (Å²) in [5, 5.41) is 16.7. The molecular weight excluding hydrogens is 254 g/mol. The van der Waals surface area contributed by atoms with Gasteiger partial charge in [-0.1, -0.05) is 11.6 Å². The standard InChI is InChI=1S/C12H12ClN3O2/c1-7-5-10(16(2)15-7)12(18)14-9-4-3-8(13)6-11(9)17/h3-6,17H,1-2H3,(H,14,18). The van der Waals surface area contributed by atoms with E-state index >= 15 is 0 Å². The third-order valence-electron chi connectivity index (χ3n) is 2.44. The maximum atomic E-state index is 12.0. The van der Waals surface area contributed by atoms with Crippen LogP contribution in [0, 0.1) is 6.92 Å². The van der Waals surface area contributed by atoms with Crippen LogP contribution in [0.5, 0.6) is 5.75 Å². The van der Waals surface area contributed by atoms with Crippen LogP contribution >= 0.6 is 11.6 Å². The van der Waals surface area contributed by atoms with Crippen molar-refractivity contribution in [2.45, 2.75) is 6.92 Å². The Bertz CT molecular complexity index is 607. The molecule has 5 nitrogen and oxygen atoms in total. The molecule has 6 heteroatoms. The van der Waals surface area contributed by atoms with Gasteiger partial charge in [0.2, 0.25) is 0 Å². The number of phenolic OH excluding ortho intramolecular Hbond substituents is 1. The van der Waals surface area contributed by atoms with E-state index in [1.165, 1.54) is 10.7 Å². The molecule has 0 saturated carbocycles. The van der Waals surface area contributed by atoms with Crippen LogP contribution in [0.15, 0.2) is 24.3 Å². The molecule has 0 fully saturated rings. The van der Waals surface area contributed by atoms with Crippen molar-refractivity contribution in [3.05, 3.63) is 40.7 Å². The Balaban J connectivity index is 2.24. The number of aromatic hydroxyl groups is 1. The van der Waals surface area contributed by atoms with Crippen LogP contribution in [0.25, 0.3) is 0 Å². The summed E-state index contributed by atoms with van der Waals surface area (Å²) in [6, 6.07) is 6.16. The van der Waals surface area contributed by atoms with Gasteiger partial charge in [-0.2, -0.15) is 5.10 Å². The molecule has 0 aliphatic heterocycles. The molecule has 0 aliphatic carbocycles. The van der Waals surface area contributed by atoms with E-state index in [-0.39, 0.29) is 11.7 Å². The van der Waals surface area contributed by atoms with Crippen LogP contribution in [0.2, 0.25) is 5.02 Å². The Morgan fingerprint density at radius 2 is 2.17 bits per heavy atom. The number of carbonyl (C=O) groups is 1. The highest BCUT2D eigenvalue weighted by Crippen LogP contribution is 2.26. The first-order chi connectivity index (χ1) is 8.47. The van der Waals surface area contributed by atoms with Gasteiger partial charge in [0.05, 0.1) is 11.4 Å². The molecular formula is C12H12ClN3O2. The van der Waals surface area contributed by atoms with E-state index in [9.17, 15) is 9.90 Å². The van der Waals surface area contributed by atoms with Crippen LogP contribution in [0.4, 0.5) is 5.69 Å².